The van der Waals surface area contributed by atoms with Gasteiger partial charge in [0.1, 0.15) is 0 Å². The van der Waals surface area contributed by atoms with Gasteiger partial charge in [-0.25, -0.2) is 0 Å². The molecule has 0 unspecified atom stereocenters. The zero-order valence-corrected chi connectivity index (χ0v) is 20.5. The smallest absolute Gasteiger partial charge is 0.157 e. The first-order valence-corrected chi connectivity index (χ1v) is 13.0. The van der Waals surface area contributed by atoms with Crippen molar-refractivity contribution in [3.8, 4) is 0 Å². The molecule has 0 aromatic carbocycles. The van der Waals surface area contributed by atoms with Crippen molar-refractivity contribution in [2.45, 2.75) is 111 Å². The molecular weight excluding hydrogens is 388 g/mol. The van der Waals surface area contributed by atoms with E-state index in [4.69, 9.17) is 9.47 Å². The second-order valence-corrected chi connectivity index (χ2v) is 13.8. The minimum absolute atomic E-state index is 0.0777. The van der Waals surface area contributed by atoms with E-state index in [2.05, 4.69) is 34.6 Å². The third-order valence-electron chi connectivity index (χ3n) is 12.9. The van der Waals surface area contributed by atoms with Gasteiger partial charge in [-0.3, -0.25) is 0 Å². The highest BCUT2D eigenvalue weighted by Gasteiger charge is 2.84. The van der Waals surface area contributed by atoms with Gasteiger partial charge in [0.05, 0.1) is 18.3 Å². The molecule has 0 bridgehead atoms. The normalized spacial score (nSPS) is 63.9. The lowest BCUT2D eigenvalue weighted by Crippen LogP contribution is -2.61. The summed E-state index contributed by atoms with van der Waals surface area (Å²) in [5.74, 6) is 1.96. The molecule has 176 valence electrons. The molecular formula is C27H44O4. The van der Waals surface area contributed by atoms with Gasteiger partial charge in [0.15, 0.2) is 6.29 Å². The minimum atomic E-state index is -0.261. The summed E-state index contributed by atoms with van der Waals surface area (Å²) in [5.41, 5.74) is 0.846. The van der Waals surface area contributed by atoms with Gasteiger partial charge in [0.2, 0.25) is 0 Å². The summed E-state index contributed by atoms with van der Waals surface area (Å²) >= 11 is 0. The molecule has 6 aliphatic rings. The topological polar surface area (TPSA) is 58.9 Å². The van der Waals surface area contributed by atoms with Crippen molar-refractivity contribution in [2.24, 2.45) is 50.7 Å². The third kappa shape index (κ3) is 2.23. The SMILES string of the molecule is CO[C@@H]1C[C@@H](C)[C@H]2[C@@H](C[C@@]3(C)[C@@H]4[C@@H](O)C[C@@H]5C(C)(C)[C@@H](O)CC[C@@]56C[C@@]46CC[C@]23C)O1. The predicted molar refractivity (Wildman–Crippen MR) is 119 cm³/mol. The van der Waals surface area contributed by atoms with Crippen molar-refractivity contribution in [2.75, 3.05) is 7.11 Å². The van der Waals surface area contributed by atoms with Crippen molar-refractivity contribution < 1.29 is 19.7 Å². The number of ether oxygens (including phenoxy) is 2. The van der Waals surface area contributed by atoms with Crippen LogP contribution in [0, 0.1) is 50.7 Å². The molecule has 31 heavy (non-hydrogen) atoms. The molecule has 0 radical (unpaired) electrons. The third-order valence-corrected chi connectivity index (χ3v) is 12.9. The van der Waals surface area contributed by atoms with Crippen molar-refractivity contribution >= 4 is 0 Å². The van der Waals surface area contributed by atoms with E-state index in [0.29, 0.717) is 29.1 Å². The van der Waals surface area contributed by atoms with E-state index in [1.54, 1.807) is 7.11 Å². The molecule has 5 saturated carbocycles. The van der Waals surface area contributed by atoms with Gasteiger partial charge in [-0.1, -0.05) is 34.6 Å². The minimum Gasteiger partial charge on any atom is -0.393 e. The Balaban J connectivity index is 1.41. The fraction of sp³-hybridized carbons (Fsp3) is 1.00. The van der Waals surface area contributed by atoms with E-state index < -0.39 is 0 Å². The first-order chi connectivity index (χ1) is 14.5. The summed E-state index contributed by atoms with van der Waals surface area (Å²) < 4.78 is 12.2. The summed E-state index contributed by atoms with van der Waals surface area (Å²) in [6.07, 6.45) is 8.49. The molecule has 12 atom stereocenters. The summed E-state index contributed by atoms with van der Waals surface area (Å²) in [6.45, 7) is 12.0. The second-order valence-electron chi connectivity index (χ2n) is 13.8. The van der Waals surface area contributed by atoms with Gasteiger partial charge in [0, 0.05) is 13.5 Å². The van der Waals surface area contributed by atoms with Gasteiger partial charge in [-0.05, 0) is 95.7 Å². The van der Waals surface area contributed by atoms with Crippen molar-refractivity contribution in [3.05, 3.63) is 0 Å². The van der Waals surface area contributed by atoms with Gasteiger partial charge in [0.25, 0.3) is 0 Å². The molecule has 2 N–H and O–H groups in total. The molecule has 0 aromatic heterocycles. The van der Waals surface area contributed by atoms with Crippen LogP contribution in [0.2, 0.25) is 0 Å². The van der Waals surface area contributed by atoms with Crippen molar-refractivity contribution in [1.29, 1.82) is 0 Å². The van der Waals surface area contributed by atoms with Crippen LogP contribution in [0.5, 0.6) is 0 Å². The summed E-state index contributed by atoms with van der Waals surface area (Å²) in [5, 5.41) is 22.7. The zero-order valence-electron chi connectivity index (χ0n) is 20.5. The van der Waals surface area contributed by atoms with Gasteiger partial charge in [-0.15, -0.1) is 0 Å². The Kier molecular flexibility index (Phi) is 4.20. The maximum Gasteiger partial charge on any atom is 0.157 e. The average molecular weight is 433 g/mol. The summed E-state index contributed by atoms with van der Waals surface area (Å²) in [7, 11) is 1.77. The highest BCUT2D eigenvalue weighted by Crippen LogP contribution is 2.89. The van der Waals surface area contributed by atoms with Crippen LogP contribution in [0.3, 0.4) is 0 Å². The highest BCUT2D eigenvalue weighted by atomic mass is 16.7. The predicted octanol–water partition coefficient (Wildman–Crippen LogP) is 4.76. The zero-order chi connectivity index (χ0) is 22.2. The number of methoxy groups -OCH3 is 1. The molecule has 1 heterocycles. The Morgan fingerprint density at radius 2 is 1.68 bits per heavy atom. The Morgan fingerprint density at radius 3 is 2.39 bits per heavy atom. The van der Waals surface area contributed by atoms with Gasteiger partial charge in [-0.2, -0.15) is 0 Å². The van der Waals surface area contributed by atoms with E-state index >= 15 is 0 Å². The molecule has 1 saturated heterocycles. The van der Waals surface area contributed by atoms with E-state index in [0.717, 1.165) is 32.1 Å². The fourth-order valence-corrected chi connectivity index (χ4v) is 11.4. The Labute approximate surface area is 188 Å². The number of hydrogen-bond acceptors (Lipinski definition) is 4. The lowest BCUT2D eigenvalue weighted by molar-refractivity contribution is -0.220. The van der Waals surface area contributed by atoms with E-state index in [1.165, 1.54) is 19.3 Å². The molecule has 5 aliphatic carbocycles. The van der Waals surface area contributed by atoms with Crippen LogP contribution in [0.4, 0.5) is 0 Å². The van der Waals surface area contributed by atoms with Crippen LogP contribution >= 0.6 is 0 Å². The van der Waals surface area contributed by atoms with Crippen LogP contribution in [0.1, 0.15) is 86.0 Å². The van der Waals surface area contributed by atoms with Crippen LogP contribution < -0.4 is 0 Å². The van der Waals surface area contributed by atoms with E-state index in [1.807, 2.05) is 0 Å². The van der Waals surface area contributed by atoms with Crippen molar-refractivity contribution in [3.63, 3.8) is 0 Å². The lowest BCUT2D eigenvalue weighted by atomic mass is 9.41. The van der Waals surface area contributed by atoms with Crippen LogP contribution in [-0.4, -0.2) is 41.9 Å². The van der Waals surface area contributed by atoms with Gasteiger partial charge >= 0.3 is 0 Å². The molecule has 2 spiro atoms. The molecule has 1 aliphatic heterocycles. The fourth-order valence-electron chi connectivity index (χ4n) is 11.4. The molecule has 4 heteroatoms. The number of aliphatic hydroxyl groups is 2. The lowest BCUT2D eigenvalue weighted by Gasteiger charge is -2.64. The average Bonchev–Trinajstić information content (AvgIpc) is 3.28. The van der Waals surface area contributed by atoms with Gasteiger partial charge < -0.3 is 19.7 Å². The maximum atomic E-state index is 11.8. The Hall–Kier alpha value is -0.160. The Morgan fingerprint density at radius 1 is 0.935 bits per heavy atom. The molecule has 0 aromatic rings. The highest BCUT2D eigenvalue weighted by molar-refractivity contribution is 5.32. The standard InChI is InChI=1S/C27H44O4/c1-15-11-20(30-6)31-17-13-25(5)22-16(28)12-18-23(2,3)19(29)7-8-26(18)14-27(22,26)10-9-24(25,4)21(15)17/h15-22,28-29H,7-14H2,1-6H3/t15-,16+,17-,18-,19+,20+,21+,22+,24-,25+,26-,27+/m1/s1. The van der Waals surface area contributed by atoms with E-state index in [-0.39, 0.29) is 46.3 Å². The largest absolute Gasteiger partial charge is 0.393 e. The van der Waals surface area contributed by atoms with Crippen molar-refractivity contribution in [1.82, 2.24) is 0 Å². The molecule has 6 rings (SSSR count). The van der Waals surface area contributed by atoms with Crippen LogP contribution in [0.15, 0.2) is 0 Å². The molecule has 4 nitrogen and oxygen atoms in total. The van der Waals surface area contributed by atoms with E-state index in [9.17, 15) is 10.2 Å². The number of hydrogen-bond donors (Lipinski definition) is 2. The quantitative estimate of drug-likeness (QED) is 0.627. The van der Waals surface area contributed by atoms with Crippen LogP contribution in [0.25, 0.3) is 0 Å². The number of fused-ring (bicyclic) bond motifs is 4. The monoisotopic (exact) mass is 432 g/mol. The second kappa shape index (κ2) is 6.09. The summed E-state index contributed by atoms with van der Waals surface area (Å²) in [6, 6.07) is 0. The number of rotatable bonds is 1. The molecule has 6 fully saturated rings. The maximum absolute atomic E-state index is 11.8. The Bertz CT molecular complexity index is 781. The first-order valence-electron chi connectivity index (χ1n) is 13.0. The number of aliphatic hydroxyl groups excluding tert-OH is 2. The summed E-state index contributed by atoms with van der Waals surface area (Å²) in [4.78, 5) is 0. The molecule has 0 amide bonds. The first kappa shape index (κ1) is 21.4. The van der Waals surface area contributed by atoms with Crippen LogP contribution in [-0.2, 0) is 9.47 Å².